The van der Waals surface area contributed by atoms with Gasteiger partial charge < -0.3 is 9.47 Å². The summed E-state index contributed by atoms with van der Waals surface area (Å²) in [6.45, 7) is 1.55. The summed E-state index contributed by atoms with van der Waals surface area (Å²) < 4.78 is 30.6. The molecule has 0 unspecified atom stereocenters. The molecule has 2 fully saturated rings. The Morgan fingerprint density at radius 2 is 1.80 bits per heavy atom. The quantitative estimate of drug-likeness (QED) is 0.558. The van der Waals surface area contributed by atoms with E-state index in [4.69, 9.17) is 5.26 Å². The molecule has 1 saturated heterocycles. The molecular weight excluding hydrogens is 460 g/mol. The Bertz CT molecular complexity index is 1410. The zero-order chi connectivity index (χ0) is 24.6. The molecule has 1 saturated carbocycles. The van der Waals surface area contributed by atoms with Crippen LogP contribution in [0.25, 0.3) is 10.9 Å². The largest absolute Gasteiger partial charge is 0.350 e. The normalized spacial score (nSPS) is 17.5. The Kier molecular flexibility index (Phi) is 6.28. The smallest absolute Gasteiger partial charge is 0.261 e. The first-order valence-corrected chi connectivity index (χ1v) is 13.7. The molecule has 2 aliphatic rings. The molecule has 1 aromatic heterocycles. The number of nitrogens with one attached hydrogen (secondary N) is 1. The minimum absolute atomic E-state index is 0.0595. The van der Waals surface area contributed by atoms with E-state index in [0.717, 1.165) is 49.7 Å². The Morgan fingerprint density at radius 1 is 1.06 bits per heavy atom. The van der Waals surface area contributed by atoms with E-state index >= 15 is 0 Å². The lowest BCUT2D eigenvalue weighted by Gasteiger charge is -2.33. The van der Waals surface area contributed by atoms with Gasteiger partial charge in [-0.1, -0.05) is 18.9 Å². The molecule has 8 heteroatoms. The van der Waals surface area contributed by atoms with Crippen molar-refractivity contribution >= 4 is 32.5 Å². The summed E-state index contributed by atoms with van der Waals surface area (Å²) in [4.78, 5) is 14.9. The fourth-order valence-electron chi connectivity index (χ4n) is 5.60. The second-order valence-corrected chi connectivity index (χ2v) is 11.4. The van der Waals surface area contributed by atoms with Gasteiger partial charge in [0.05, 0.1) is 16.5 Å². The van der Waals surface area contributed by atoms with Crippen molar-refractivity contribution in [3.63, 3.8) is 0 Å². The molecule has 7 nitrogen and oxygen atoms in total. The third-order valence-electron chi connectivity index (χ3n) is 7.50. The lowest BCUT2D eigenvalue weighted by Crippen LogP contribution is -2.40. The van der Waals surface area contributed by atoms with Crippen LogP contribution in [-0.2, 0) is 21.9 Å². The van der Waals surface area contributed by atoms with E-state index in [1.54, 1.807) is 18.2 Å². The van der Waals surface area contributed by atoms with Crippen LogP contribution in [0.2, 0.25) is 0 Å². The first-order chi connectivity index (χ1) is 16.9. The molecule has 2 heterocycles. The number of piperidine rings is 1. The van der Waals surface area contributed by atoms with Crippen molar-refractivity contribution in [2.45, 2.75) is 49.3 Å². The SMILES string of the molecule is Cn1cc(C2CCN(C(=O)C3CCCC3)CC2)c2cc(NS(=O)(=O)c3cccc(C#N)c3)ccc21. The molecule has 1 aliphatic carbocycles. The van der Waals surface area contributed by atoms with Crippen LogP contribution < -0.4 is 4.72 Å². The Hall–Kier alpha value is -3.31. The maximum atomic E-state index is 12.9. The average molecular weight is 491 g/mol. The lowest BCUT2D eigenvalue weighted by molar-refractivity contribution is -0.136. The number of likely N-dealkylation sites (tertiary alicyclic amines) is 1. The number of aryl methyl sites for hydroxylation is 1. The Labute approximate surface area is 206 Å². The van der Waals surface area contributed by atoms with Crippen LogP contribution in [0.4, 0.5) is 5.69 Å². The van der Waals surface area contributed by atoms with Crippen molar-refractivity contribution in [3.8, 4) is 6.07 Å². The third kappa shape index (κ3) is 4.65. The summed E-state index contributed by atoms with van der Waals surface area (Å²) in [5.41, 5.74) is 3.02. The summed E-state index contributed by atoms with van der Waals surface area (Å²) in [7, 11) is -1.82. The second kappa shape index (κ2) is 9.38. The topological polar surface area (TPSA) is 95.2 Å². The van der Waals surface area contributed by atoms with E-state index in [2.05, 4.69) is 15.5 Å². The zero-order valence-corrected chi connectivity index (χ0v) is 20.7. The predicted octanol–water partition coefficient (Wildman–Crippen LogP) is 4.75. The molecule has 2 aromatic carbocycles. The monoisotopic (exact) mass is 490 g/mol. The summed E-state index contributed by atoms with van der Waals surface area (Å²) in [6.07, 6.45) is 8.35. The van der Waals surface area contributed by atoms with Gasteiger partial charge in [-0.05, 0) is 73.6 Å². The molecule has 1 amide bonds. The van der Waals surface area contributed by atoms with E-state index < -0.39 is 10.0 Å². The van der Waals surface area contributed by atoms with E-state index in [0.29, 0.717) is 23.1 Å². The minimum atomic E-state index is -3.82. The molecule has 1 aliphatic heterocycles. The Balaban J connectivity index is 1.36. The number of hydrogen-bond acceptors (Lipinski definition) is 4. The number of carbonyl (C=O) groups excluding carboxylic acids is 1. The van der Waals surface area contributed by atoms with Gasteiger partial charge in [-0.2, -0.15) is 5.26 Å². The van der Waals surface area contributed by atoms with Gasteiger partial charge in [-0.3, -0.25) is 9.52 Å². The van der Waals surface area contributed by atoms with E-state index in [1.807, 2.05) is 30.1 Å². The number of sulfonamides is 1. The molecule has 35 heavy (non-hydrogen) atoms. The summed E-state index contributed by atoms with van der Waals surface area (Å²) >= 11 is 0. The zero-order valence-electron chi connectivity index (χ0n) is 19.9. The van der Waals surface area contributed by atoms with Crippen molar-refractivity contribution in [1.82, 2.24) is 9.47 Å². The van der Waals surface area contributed by atoms with Crippen LogP contribution in [0.5, 0.6) is 0 Å². The van der Waals surface area contributed by atoms with Crippen molar-refractivity contribution in [2.24, 2.45) is 13.0 Å². The molecule has 3 aromatic rings. The van der Waals surface area contributed by atoms with Crippen molar-refractivity contribution in [1.29, 1.82) is 5.26 Å². The van der Waals surface area contributed by atoms with Crippen LogP contribution in [0.1, 0.15) is 55.6 Å². The number of aromatic nitrogens is 1. The summed E-state index contributed by atoms with van der Waals surface area (Å²) in [5, 5.41) is 10.1. The number of anilines is 1. The van der Waals surface area contributed by atoms with Gasteiger partial charge in [-0.15, -0.1) is 0 Å². The number of fused-ring (bicyclic) bond motifs is 1. The van der Waals surface area contributed by atoms with Gasteiger partial charge >= 0.3 is 0 Å². The highest BCUT2D eigenvalue weighted by atomic mass is 32.2. The molecule has 1 N–H and O–H groups in total. The molecular formula is C27H30N4O3S. The first kappa shape index (κ1) is 23.4. The van der Waals surface area contributed by atoms with Crippen molar-refractivity contribution in [3.05, 3.63) is 59.8 Å². The molecule has 182 valence electrons. The fourth-order valence-corrected chi connectivity index (χ4v) is 6.70. The van der Waals surface area contributed by atoms with E-state index in [9.17, 15) is 13.2 Å². The number of benzene rings is 2. The summed E-state index contributed by atoms with van der Waals surface area (Å²) in [6, 6.07) is 13.6. The van der Waals surface area contributed by atoms with Crippen LogP contribution in [0.15, 0.2) is 53.6 Å². The van der Waals surface area contributed by atoms with Gasteiger partial charge in [-0.25, -0.2) is 8.42 Å². The molecule has 0 bridgehead atoms. The number of nitriles is 1. The first-order valence-electron chi connectivity index (χ1n) is 12.3. The molecule has 0 spiro atoms. The predicted molar refractivity (Wildman–Crippen MR) is 135 cm³/mol. The number of rotatable bonds is 5. The maximum Gasteiger partial charge on any atom is 0.261 e. The number of amides is 1. The highest BCUT2D eigenvalue weighted by Gasteiger charge is 2.31. The van der Waals surface area contributed by atoms with Crippen molar-refractivity contribution in [2.75, 3.05) is 17.8 Å². The van der Waals surface area contributed by atoms with Crippen LogP contribution in [-0.4, -0.2) is 36.9 Å². The highest BCUT2D eigenvalue weighted by Crippen LogP contribution is 2.37. The fraction of sp³-hybridized carbons (Fsp3) is 0.407. The maximum absolute atomic E-state index is 12.9. The van der Waals surface area contributed by atoms with Crippen LogP contribution in [0, 0.1) is 17.2 Å². The highest BCUT2D eigenvalue weighted by molar-refractivity contribution is 7.92. The molecule has 5 rings (SSSR count). The average Bonchev–Trinajstić information content (AvgIpc) is 3.52. The number of hydrogen-bond donors (Lipinski definition) is 1. The van der Waals surface area contributed by atoms with Gasteiger partial charge in [0, 0.05) is 48.8 Å². The van der Waals surface area contributed by atoms with Gasteiger partial charge in [0.25, 0.3) is 10.0 Å². The third-order valence-corrected chi connectivity index (χ3v) is 8.88. The van der Waals surface area contributed by atoms with E-state index in [1.165, 1.54) is 30.5 Å². The summed E-state index contributed by atoms with van der Waals surface area (Å²) in [5.74, 6) is 0.870. The Morgan fingerprint density at radius 3 is 2.51 bits per heavy atom. The van der Waals surface area contributed by atoms with Gasteiger partial charge in [0.15, 0.2) is 0 Å². The lowest BCUT2D eigenvalue weighted by atomic mass is 9.88. The van der Waals surface area contributed by atoms with Crippen molar-refractivity contribution < 1.29 is 13.2 Å². The standard InChI is InChI=1S/C27H30N4O3S/c1-30-18-25(20-11-13-31(14-12-20)27(32)21-6-2-3-7-21)24-16-22(9-10-26(24)30)29-35(33,34)23-8-4-5-19(15-23)17-28/h4-5,8-10,15-16,18,20-21,29H,2-3,6-7,11-14H2,1H3. The number of carbonyl (C=O) groups is 1. The van der Waals surface area contributed by atoms with Crippen LogP contribution in [0.3, 0.4) is 0 Å². The van der Waals surface area contributed by atoms with E-state index in [-0.39, 0.29) is 10.8 Å². The van der Waals surface area contributed by atoms with Gasteiger partial charge in [0.1, 0.15) is 0 Å². The number of nitrogens with zero attached hydrogens (tertiary/aromatic N) is 3. The molecule has 0 atom stereocenters. The van der Waals surface area contributed by atoms with Gasteiger partial charge in [0.2, 0.25) is 5.91 Å². The second-order valence-electron chi connectivity index (χ2n) is 9.75. The molecule has 0 radical (unpaired) electrons. The van der Waals surface area contributed by atoms with Crippen LogP contribution >= 0.6 is 0 Å². The minimum Gasteiger partial charge on any atom is -0.350 e.